The van der Waals surface area contributed by atoms with Gasteiger partial charge in [0, 0.05) is 16.3 Å². The highest BCUT2D eigenvalue weighted by Crippen LogP contribution is 2.32. The number of carbonyl (C=O) groups is 2. The number of hydrogen-bond donors (Lipinski definition) is 2. The third-order valence-electron chi connectivity index (χ3n) is 3.28. The molecule has 21 heavy (non-hydrogen) atoms. The number of benzene rings is 1. The van der Waals surface area contributed by atoms with Crippen LogP contribution in [0.25, 0.3) is 10.9 Å². The Labute approximate surface area is 130 Å². The largest absolute Gasteiger partial charge is 0.481 e. The lowest BCUT2D eigenvalue weighted by molar-refractivity contribution is -0.136. The molecule has 1 aromatic carbocycles. The van der Waals surface area contributed by atoms with E-state index in [0.29, 0.717) is 11.3 Å². The quantitative estimate of drug-likeness (QED) is 0.807. The number of ether oxygens (including phenoxy) is 1. The molecule has 0 bridgehead atoms. The number of fused-ring (bicyclic) bond motifs is 1. The summed E-state index contributed by atoms with van der Waals surface area (Å²) in [6, 6.07) is 3.82. The van der Waals surface area contributed by atoms with Crippen LogP contribution in [0, 0.1) is 6.92 Å². The summed E-state index contributed by atoms with van der Waals surface area (Å²) in [4.78, 5) is 25.9. The smallest absolute Gasteiger partial charge is 0.355 e. The first-order chi connectivity index (χ1) is 9.95. The summed E-state index contributed by atoms with van der Waals surface area (Å²) in [5, 5.41) is 9.72. The van der Waals surface area contributed by atoms with Gasteiger partial charge < -0.3 is 14.8 Å². The summed E-state index contributed by atoms with van der Waals surface area (Å²) in [6.45, 7) is 3.95. The second-order valence-electron chi connectivity index (χ2n) is 4.71. The van der Waals surface area contributed by atoms with Gasteiger partial charge in [0.25, 0.3) is 0 Å². The molecule has 0 radical (unpaired) electrons. The number of aromatic nitrogens is 1. The third-order valence-corrected chi connectivity index (χ3v) is 4.30. The average molecular weight is 354 g/mol. The number of rotatable bonds is 5. The zero-order chi connectivity index (χ0) is 15.6. The maximum Gasteiger partial charge on any atom is 0.355 e. The van der Waals surface area contributed by atoms with Gasteiger partial charge in [0.1, 0.15) is 5.69 Å². The van der Waals surface area contributed by atoms with E-state index in [2.05, 4.69) is 20.9 Å². The SMILES string of the molecule is CCOC(=O)c1[nH]c2c(Br)c(C)ccc2c1CCC(=O)O. The Hall–Kier alpha value is -1.82. The van der Waals surface area contributed by atoms with Crippen LogP contribution in [0.15, 0.2) is 16.6 Å². The van der Waals surface area contributed by atoms with E-state index in [-0.39, 0.29) is 19.4 Å². The molecule has 2 rings (SSSR count). The van der Waals surface area contributed by atoms with Crippen LogP contribution in [0.3, 0.4) is 0 Å². The number of carboxylic acid groups (broad SMARTS) is 1. The Balaban J connectivity index is 2.59. The Kier molecular flexibility index (Phi) is 4.67. The van der Waals surface area contributed by atoms with Crippen molar-refractivity contribution < 1.29 is 19.4 Å². The lowest BCUT2D eigenvalue weighted by Crippen LogP contribution is -2.09. The number of H-pyrrole nitrogens is 1. The Bertz CT molecular complexity index is 705. The molecular weight excluding hydrogens is 338 g/mol. The lowest BCUT2D eigenvalue weighted by Gasteiger charge is -2.03. The predicted octanol–water partition coefficient (Wildman–Crippen LogP) is 3.43. The monoisotopic (exact) mass is 353 g/mol. The van der Waals surface area contributed by atoms with E-state index in [1.165, 1.54) is 0 Å². The predicted molar refractivity (Wildman–Crippen MR) is 82.6 cm³/mol. The van der Waals surface area contributed by atoms with Crippen LogP contribution < -0.4 is 0 Å². The van der Waals surface area contributed by atoms with Crippen LogP contribution in [0.5, 0.6) is 0 Å². The number of aromatic amines is 1. The van der Waals surface area contributed by atoms with E-state index >= 15 is 0 Å². The Morgan fingerprint density at radius 2 is 2.10 bits per heavy atom. The van der Waals surface area contributed by atoms with Gasteiger partial charge in [-0.05, 0) is 47.3 Å². The van der Waals surface area contributed by atoms with Crippen molar-refractivity contribution in [1.29, 1.82) is 0 Å². The first-order valence-corrected chi connectivity index (χ1v) is 7.43. The van der Waals surface area contributed by atoms with Gasteiger partial charge in [0.15, 0.2) is 0 Å². The number of hydrogen-bond acceptors (Lipinski definition) is 3. The molecule has 0 saturated carbocycles. The van der Waals surface area contributed by atoms with Crippen LogP contribution >= 0.6 is 15.9 Å². The number of aryl methyl sites for hydroxylation is 2. The molecule has 2 N–H and O–H groups in total. The number of carboxylic acids is 1. The van der Waals surface area contributed by atoms with Crippen molar-refractivity contribution in [3.63, 3.8) is 0 Å². The fourth-order valence-electron chi connectivity index (χ4n) is 2.26. The van der Waals surface area contributed by atoms with Crippen molar-refractivity contribution in [3.05, 3.63) is 33.4 Å². The normalized spacial score (nSPS) is 10.8. The second-order valence-corrected chi connectivity index (χ2v) is 5.50. The lowest BCUT2D eigenvalue weighted by atomic mass is 10.0. The molecule has 0 saturated heterocycles. The van der Waals surface area contributed by atoms with Crippen molar-refractivity contribution in [2.24, 2.45) is 0 Å². The highest BCUT2D eigenvalue weighted by atomic mass is 79.9. The van der Waals surface area contributed by atoms with Crippen molar-refractivity contribution in [1.82, 2.24) is 4.98 Å². The van der Waals surface area contributed by atoms with Crippen LogP contribution in [0.4, 0.5) is 0 Å². The van der Waals surface area contributed by atoms with Crippen LogP contribution in [0.1, 0.15) is 35.0 Å². The number of halogens is 1. The summed E-state index contributed by atoms with van der Waals surface area (Å²) < 4.78 is 5.91. The molecule has 0 fully saturated rings. The van der Waals surface area contributed by atoms with Gasteiger partial charge in [-0.3, -0.25) is 4.79 Å². The van der Waals surface area contributed by atoms with Crippen molar-refractivity contribution in [2.45, 2.75) is 26.7 Å². The fraction of sp³-hybridized carbons (Fsp3) is 0.333. The van der Waals surface area contributed by atoms with E-state index in [0.717, 1.165) is 20.9 Å². The highest BCUT2D eigenvalue weighted by Gasteiger charge is 2.21. The van der Waals surface area contributed by atoms with Gasteiger partial charge in [-0.2, -0.15) is 0 Å². The molecule has 1 heterocycles. The Morgan fingerprint density at radius 3 is 2.71 bits per heavy atom. The number of aliphatic carboxylic acids is 1. The second kappa shape index (κ2) is 6.30. The van der Waals surface area contributed by atoms with Crippen LogP contribution in [-0.2, 0) is 16.0 Å². The molecule has 5 nitrogen and oxygen atoms in total. The molecule has 0 spiro atoms. The summed E-state index contributed by atoms with van der Waals surface area (Å²) >= 11 is 3.50. The summed E-state index contributed by atoms with van der Waals surface area (Å²) in [7, 11) is 0. The topological polar surface area (TPSA) is 79.4 Å². The molecule has 0 aliphatic heterocycles. The minimum atomic E-state index is -0.898. The molecule has 112 valence electrons. The third kappa shape index (κ3) is 3.10. The molecule has 6 heteroatoms. The molecule has 1 aromatic heterocycles. The maximum absolute atomic E-state index is 12.1. The minimum Gasteiger partial charge on any atom is -0.481 e. The maximum atomic E-state index is 12.1. The zero-order valence-electron chi connectivity index (χ0n) is 11.8. The molecule has 0 atom stereocenters. The first-order valence-electron chi connectivity index (χ1n) is 6.64. The van der Waals surface area contributed by atoms with E-state index in [4.69, 9.17) is 9.84 Å². The Morgan fingerprint density at radius 1 is 1.38 bits per heavy atom. The van der Waals surface area contributed by atoms with Gasteiger partial charge in [-0.25, -0.2) is 4.79 Å². The van der Waals surface area contributed by atoms with Gasteiger partial charge in [0.05, 0.1) is 12.1 Å². The highest BCUT2D eigenvalue weighted by molar-refractivity contribution is 9.10. The van der Waals surface area contributed by atoms with E-state index in [1.807, 2.05) is 19.1 Å². The molecule has 0 amide bonds. The van der Waals surface area contributed by atoms with Gasteiger partial charge in [-0.15, -0.1) is 0 Å². The molecule has 0 unspecified atom stereocenters. The minimum absolute atomic E-state index is 0.0369. The summed E-state index contributed by atoms with van der Waals surface area (Å²) in [5.74, 6) is -1.36. The van der Waals surface area contributed by atoms with E-state index in [1.54, 1.807) is 6.92 Å². The van der Waals surface area contributed by atoms with Crippen LogP contribution in [0.2, 0.25) is 0 Å². The van der Waals surface area contributed by atoms with Crippen molar-refractivity contribution >= 4 is 38.8 Å². The summed E-state index contributed by atoms with van der Waals surface area (Å²) in [5.41, 5.74) is 2.84. The van der Waals surface area contributed by atoms with Crippen LogP contribution in [-0.4, -0.2) is 28.6 Å². The van der Waals surface area contributed by atoms with Crippen molar-refractivity contribution in [3.8, 4) is 0 Å². The number of nitrogens with one attached hydrogen (secondary N) is 1. The van der Waals surface area contributed by atoms with E-state index in [9.17, 15) is 9.59 Å². The first kappa shape index (κ1) is 15.6. The number of esters is 1. The van der Waals surface area contributed by atoms with E-state index < -0.39 is 11.9 Å². The molecular formula is C15H16BrNO4. The van der Waals surface area contributed by atoms with Gasteiger partial charge >= 0.3 is 11.9 Å². The number of carbonyl (C=O) groups excluding carboxylic acids is 1. The standard InChI is InChI=1S/C15H16BrNO4/c1-3-21-15(20)14-10(6-7-11(18)19)9-5-4-8(2)12(16)13(9)17-14/h4-5,17H,3,6-7H2,1-2H3,(H,18,19). The van der Waals surface area contributed by atoms with Gasteiger partial charge in [-0.1, -0.05) is 12.1 Å². The fourth-order valence-corrected chi connectivity index (χ4v) is 2.70. The molecule has 0 aliphatic carbocycles. The van der Waals surface area contributed by atoms with Crippen molar-refractivity contribution in [2.75, 3.05) is 6.61 Å². The molecule has 2 aromatic rings. The molecule has 0 aliphatic rings. The van der Waals surface area contributed by atoms with Gasteiger partial charge in [0.2, 0.25) is 0 Å². The zero-order valence-corrected chi connectivity index (χ0v) is 13.4. The average Bonchev–Trinajstić information content (AvgIpc) is 2.80. The summed E-state index contributed by atoms with van der Waals surface area (Å²) in [6.07, 6.45) is 0.240.